The molecule has 124 valence electrons. The van der Waals surface area contributed by atoms with Crippen LogP contribution in [0.15, 0.2) is 24.3 Å². The van der Waals surface area contributed by atoms with Crippen molar-refractivity contribution < 1.29 is 19.4 Å². The number of likely N-dealkylation sites (tertiary alicyclic amines) is 2. The molecule has 0 spiro atoms. The fourth-order valence-electron chi connectivity index (χ4n) is 3.35. The number of carbonyl (C=O) groups excluding carboxylic acids is 2. The second kappa shape index (κ2) is 6.20. The first-order valence-corrected chi connectivity index (χ1v) is 7.87. The summed E-state index contributed by atoms with van der Waals surface area (Å²) in [5.74, 6) is 0.603. The third kappa shape index (κ3) is 3.03. The van der Waals surface area contributed by atoms with Crippen LogP contribution < -0.4 is 4.74 Å². The van der Waals surface area contributed by atoms with Gasteiger partial charge >= 0.3 is 0 Å². The number of amides is 2. The lowest BCUT2D eigenvalue weighted by Gasteiger charge is -2.40. The van der Waals surface area contributed by atoms with E-state index in [2.05, 4.69) is 0 Å². The first-order chi connectivity index (χ1) is 11.0. The molecular weight excluding hydrogens is 296 g/mol. The quantitative estimate of drug-likeness (QED) is 0.895. The molecule has 1 aromatic rings. The number of hydrogen-bond donors (Lipinski definition) is 1. The normalized spacial score (nSPS) is 24.5. The van der Waals surface area contributed by atoms with E-state index < -0.39 is 6.10 Å². The van der Waals surface area contributed by atoms with E-state index in [0.29, 0.717) is 26.1 Å². The standard InChI is InChI=1S/C17H22N2O4/c1-11(20)18-8-13(9-18)17(22)19-10-14(21)7-16(19)12-4-3-5-15(6-12)23-2/h3-6,13-14,16,21H,7-10H2,1-2H3/t14-,16-/m1/s1. The summed E-state index contributed by atoms with van der Waals surface area (Å²) in [6.07, 6.45) is 0.0151. The van der Waals surface area contributed by atoms with Crippen molar-refractivity contribution in [2.75, 3.05) is 26.7 Å². The molecule has 2 heterocycles. The van der Waals surface area contributed by atoms with Gasteiger partial charge in [0.15, 0.2) is 0 Å². The average Bonchev–Trinajstić information content (AvgIpc) is 2.87. The first-order valence-electron chi connectivity index (χ1n) is 7.87. The van der Waals surface area contributed by atoms with Crippen LogP contribution >= 0.6 is 0 Å². The Labute approximate surface area is 135 Å². The van der Waals surface area contributed by atoms with Gasteiger partial charge in [0.1, 0.15) is 5.75 Å². The van der Waals surface area contributed by atoms with Crippen LogP contribution in [0, 0.1) is 5.92 Å². The third-order valence-electron chi connectivity index (χ3n) is 4.72. The van der Waals surface area contributed by atoms with Gasteiger partial charge < -0.3 is 19.6 Å². The molecule has 0 aliphatic carbocycles. The maximum absolute atomic E-state index is 12.7. The van der Waals surface area contributed by atoms with Crippen LogP contribution in [0.4, 0.5) is 0 Å². The van der Waals surface area contributed by atoms with E-state index in [0.717, 1.165) is 11.3 Å². The van der Waals surface area contributed by atoms with Crippen LogP contribution in [0.5, 0.6) is 5.75 Å². The number of hydrogen-bond acceptors (Lipinski definition) is 4. The SMILES string of the molecule is COc1cccc([C@H]2C[C@@H](O)CN2C(=O)C2CN(C(C)=O)C2)c1. The minimum Gasteiger partial charge on any atom is -0.497 e. The van der Waals surface area contributed by atoms with E-state index in [9.17, 15) is 14.7 Å². The third-order valence-corrected chi connectivity index (χ3v) is 4.72. The van der Waals surface area contributed by atoms with Crippen LogP contribution in [0.25, 0.3) is 0 Å². The minimum atomic E-state index is -0.515. The number of benzene rings is 1. The second-order valence-corrected chi connectivity index (χ2v) is 6.29. The van der Waals surface area contributed by atoms with Crippen molar-refractivity contribution >= 4 is 11.8 Å². The number of nitrogens with zero attached hydrogens (tertiary/aromatic N) is 2. The van der Waals surface area contributed by atoms with E-state index >= 15 is 0 Å². The lowest BCUT2D eigenvalue weighted by molar-refractivity contribution is -0.148. The Morgan fingerprint density at radius 2 is 2.00 bits per heavy atom. The van der Waals surface area contributed by atoms with Crippen molar-refractivity contribution in [1.82, 2.24) is 9.80 Å². The van der Waals surface area contributed by atoms with E-state index in [1.54, 1.807) is 16.9 Å². The fourth-order valence-corrected chi connectivity index (χ4v) is 3.35. The highest BCUT2D eigenvalue weighted by atomic mass is 16.5. The Balaban J connectivity index is 1.75. The Bertz CT molecular complexity index is 612. The van der Waals surface area contributed by atoms with Gasteiger partial charge in [-0.15, -0.1) is 0 Å². The molecule has 2 fully saturated rings. The molecule has 0 aromatic heterocycles. The lowest BCUT2D eigenvalue weighted by atomic mass is 9.96. The summed E-state index contributed by atoms with van der Waals surface area (Å²) in [6.45, 7) is 2.81. The van der Waals surface area contributed by atoms with Gasteiger partial charge in [-0.3, -0.25) is 9.59 Å². The van der Waals surface area contributed by atoms with Crippen molar-refractivity contribution in [3.8, 4) is 5.75 Å². The van der Waals surface area contributed by atoms with Gasteiger partial charge in [0, 0.05) is 26.6 Å². The summed E-state index contributed by atoms with van der Waals surface area (Å²) in [5.41, 5.74) is 0.969. The zero-order chi connectivity index (χ0) is 16.6. The zero-order valence-corrected chi connectivity index (χ0v) is 13.4. The fraction of sp³-hybridized carbons (Fsp3) is 0.529. The highest BCUT2D eigenvalue weighted by Gasteiger charge is 2.42. The summed E-state index contributed by atoms with van der Waals surface area (Å²) < 4.78 is 5.25. The molecule has 2 aliphatic rings. The molecule has 0 unspecified atom stereocenters. The van der Waals surface area contributed by atoms with E-state index in [-0.39, 0.29) is 23.8 Å². The zero-order valence-electron chi connectivity index (χ0n) is 13.4. The van der Waals surface area contributed by atoms with Crippen LogP contribution in [-0.2, 0) is 9.59 Å². The van der Waals surface area contributed by atoms with Crippen LogP contribution in [0.3, 0.4) is 0 Å². The van der Waals surface area contributed by atoms with Crippen molar-refractivity contribution in [3.05, 3.63) is 29.8 Å². The van der Waals surface area contributed by atoms with Gasteiger partial charge in [0.2, 0.25) is 11.8 Å². The Kier molecular flexibility index (Phi) is 4.26. The maximum atomic E-state index is 12.7. The molecule has 1 aromatic carbocycles. The molecule has 0 saturated carbocycles. The van der Waals surface area contributed by atoms with Gasteiger partial charge in [-0.25, -0.2) is 0 Å². The lowest BCUT2D eigenvalue weighted by Crippen LogP contribution is -2.55. The average molecular weight is 318 g/mol. The number of aliphatic hydroxyl groups is 1. The van der Waals surface area contributed by atoms with Crippen molar-refractivity contribution in [2.45, 2.75) is 25.5 Å². The van der Waals surface area contributed by atoms with Gasteiger partial charge in [-0.1, -0.05) is 12.1 Å². The largest absolute Gasteiger partial charge is 0.497 e. The molecule has 1 N–H and O–H groups in total. The predicted molar refractivity (Wildman–Crippen MR) is 83.8 cm³/mol. The Morgan fingerprint density at radius 3 is 2.65 bits per heavy atom. The number of rotatable bonds is 3. The first kappa shape index (κ1) is 15.8. The van der Waals surface area contributed by atoms with E-state index in [1.807, 2.05) is 24.3 Å². The number of carbonyl (C=O) groups is 2. The summed E-state index contributed by atoms with van der Waals surface area (Å²) in [6, 6.07) is 7.47. The molecule has 2 aliphatic heterocycles. The molecule has 0 radical (unpaired) electrons. The smallest absolute Gasteiger partial charge is 0.229 e. The Morgan fingerprint density at radius 1 is 1.26 bits per heavy atom. The molecule has 2 atom stereocenters. The van der Waals surface area contributed by atoms with Crippen molar-refractivity contribution in [3.63, 3.8) is 0 Å². The molecule has 0 bridgehead atoms. The van der Waals surface area contributed by atoms with Gasteiger partial charge in [-0.2, -0.15) is 0 Å². The molecule has 3 rings (SSSR count). The molecule has 2 saturated heterocycles. The molecule has 23 heavy (non-hydrogen) atoms. The summed E-state index contributed by atoms with van der Waals surface area (Å²) >= 11 is 0. The molecule has 6 heteroatoms. The monoisotopic (exact) mass is 318 g/mol. The maximum Gasteiger partial charge on any atom is 0.229 e. The molecule has 6 nitrogen and oxygen atoms in total. The summed E-state index contributed by atoms with van der Waals surface area (Å²) in [7, 11) is 1.61. The van der Waals surface area contributed by atoms with E-state index in [1.165, 1.54) is 6.92 Å². The van der Waals surface area contributed by atoms with Gasteiger partial charge in [0.05, 0.1) is 25.2 Å². The summed E-state index contributed by atoms with van der Waals surface area (Å²) in [4.78, 5) is 27.4. The number of methoxy groups -OCH3 is 1. The van der Waals surface area contributed by atoms with Crippen LogP contribution in [-0.4, -0.2) is 59.6 Å². The van der Waals surface area contributed by atoms with Gasteiger partial charge in [-0.05, 0) is 24.1 Å². The molecule has 2 amide bonds. The minimum absolute atomic E-state index is 0.000137. The van der Waals surface area contributed by atoms with Gasteiger partial charge in [0.25, 0.3) is 0 Å². The highest BCUT2D eigenvalue weighted by Crippen LogP contribution is 2.35. The second-order valence-electron chi connectivity index (χ2n) is 6.29. The molecular formula is C17H22N2O4. The number of aliphatic hydroxyl groups excluding tert-OH is 1. The highest BCUT2D eigenvalue weighted by molar-refractivity contribution is 5.84. The van der Waals surface area contributed by atoms with Crippen molar-refractivity contribution in [1.29, 1.82) is 0 Å². The number of β-amino-alcohol motifs (C(OH)–C–C–N with tert-alkyl or cyclic N) is 1. The van der Waals surface area contributed by atoms with E-state index in [4.69, 9.17) is 4.74 Å². The van der Waals surface area contributed by atoms with Crippen LogP contribution in [0.2, 0.25) is 0 Å². The predicted octanol–water partition coefficient (Wildman–Crippen LogP) is 0.808. The van der Waals surface area contributed by atoms with Crippen molar-refractivity contribution in [2.24, 2.45) is 5.92 Å². The Hall–Kier alpha value is -2.08. The summed E-state index contributed by atoms with van der Waals surface area (Å²) in [5, 5.41) is 10.0. The van der Waals surface area contributed by atoms with Crippen LogP contribution in [0.1, 0.15) is 24.9 Å². The topological polar surface area (TPSA) is 70.1 Å². The number of ether oxygens (including phenoxy) is 1.